The molecule has 1 aliphatic heterocycles. The van der Waals surface area contributed by atoms with E-state index in [9.17, 15) is 9.59 Å². The van der Waals surface area contributed by atoms with Gasteiger partial charge in [-0.2, -0.15) is 0 Å². The molecule has 10 heteroatoms. The van der Waals surface area contributed by atoms with Crippen molar-refractivity contribution in [1.29, 1.82) is 0 Å². The fourth-order valence-corrected chi connectivity index (χ4v) is 5.48. The van der Waals surface area contributed by atoms with Crippen molar-refractivity contribution in [3.63, 3.8) is 0 Å². The molecule has 1 atom stereocenters. The monoisotopic (exact) mass is 552 g/mol. The Hall–Kier alpha value is -4.05. The Kier molecular flexibility index (Phi) is 8.75. The van der Waals surface area contributed by atoms with Crippen molar-refractivity contribution in [2.75, 3.05) is 34.0 Å². The third-order valence-electron chi connectivity index (χ3n) is 6.12. The number of allylic oxidation sites excluding steroid dienone is 1. The van der Waals surface area contributed by atoms with Gasteiger partial charge in [0.2, 0.25) is 0 Å². The number of hydrogen-bond donors (Lipinski definition) is 0. The van der Waals surface area contributed by atoms with Crippen LogP contribution in [-0.4, -0.2) is 44.6 Å². The molecule has 0 saturated carbocycles. The van der Waals surface area contributed by atoms with Crippen molar-refractivity contribution >= 4 is 23.4 Å². The molecule has 0 N–H and O–H groups in total. The van der Waals surface area contributed by atoms with E-state index in [4.69, 9.17) is 23.7 Å². The lowest BCUT2D eigenvalue weighted by Gasteiger charge is -2.25. The highest BCUT2D eigenvalue weighted by Crippen LogP contribution is 2.36. The summed E-state index contributed by atoms with van der Waals surface area (Å²) in [5.41, 5.74) is 1.83. The zero-order valence-corrected chi connectivity index (χ0v) is 23.7. The van der Waals surface area contributed by atoms with E-state index in [1.54, 1.807) is 64.5 Å². The van der Waals surface area contributed by atoms with Crippen LogP contribution in [-0.2, 0) is 9.53 Å². The van der Waals surface area contributed by atoms with Crippen molar-refractivity contribution in [2.45, 2.75) is 33.7 Å². The normalized spacial score (nSPS) is 14.9. The number of thiazole rings is 1. The fraction of sp³-hybridized carbons (Fsp3) is 0.345. The molecule has 0 saturated heterocycles. The molecule has 0 unspecified atom stereocenters. The van der Waals surface area contributed by atoms with E-state index in [0.717, 1.165) is 0 Å². The summed E-state index contributed by atoms with van der Waals surface area (Å²) < 4.78 is 29.8. The minimum Gasteiger partial charge on any atom is -0.497 e. The summed E-state index contributed by atoms with van der Waals surface area (Å²) in [5.74, 6) is 1.80. The van der Waals surface area contributed by atoms with Crippen molar-refractivity contribution in [3.8, 4) is 23.0 Å². The van der Waals surface area contributed by atoms with Crippen LogP contribution in [0.5, 0.6) is 23.0 Å². The number of esters is 1. The first-order valence-corrected chi connectivity index (χ1v) is 13.5. The van der Waals surface area contributed by atoms with Gasteiger partial charge in [-0.3, -0.25) is 9.36 Å². The first-order valence-electron chi connectivity index (χ1n) is 12.7. The number of nitrogens with zero attached hydrogens (tertiary/aromatic N) is 2. The molecule has 3 aromatic rings. The van der Waals surface area contributed by atoms with Crippen molar-refractivity contribution < 1.29 is 28.5 Å². The summed E-state index contributed by atoms with van der Waals surface area (Å²) in [6, 6.07) is 10.0. The van der Waals surface area contributed by atoms with Gasteiger partial charge in [0.1, 0.15) is 11.5 Å². The van der Waals surface area contributed by atoms with Gasteiger partial charge in [-0.1, -0.05) is 17.4 Å². The van der Waals surface area contributed by atoms with Crippen LogP contribution in [0.2, 0.25) is 0 Å². The van der Waals surface area contributed by atoms with E-state index in [-0.39, 0.29) is 12.2 Å². The predicted molar refractivity (Wildman–Crippen MR) is 149 cm³/mol. The summed E-state index contributed by atoms with van der Waals surface area (Å²) in [6.45, 7) is 8.35. The summed E-state index contributed by atoms with van der Waals surface area (Å²) in [6.07, 6.45) is 1.75. The molecule has 2 heterocycles. The number of carbonyl (C=O) groups is 1. The highest BCUT2D eigenvalue weighted by molar-refractivity contribution is 7.07. The quantitative estimate of drug-likeness (QED) is 0.355. The Bertz CT molecular complexity index is 1590. The minimum absolute atomic E-state index is 0.190. The van der Waals surface area contributed by atoms with Crippen LogP contribution in [0.3, 0.4) is 0 Å². The smallest absolute Gasteiger partial charge is 0.338 e. The van der Waals surface area contributed by atoms with E-state index in [2.05, 4.69) is 4.99 Å². The minimum atomic E-state index is -0.774. The molecule has 39 heavy (non-hydrogen) atoms. The zero-order valence-electron chi connectivity index (χ0n) is 22.9. The highest BCUT2D eigenvalue weighted by Gasteiger charge is 2.34. The molecule has 0 amide bonds. The zero-order chi connectivity index (χ0) is 28.1. The molecular weight excluding hydrogens is 520 g/mol. The van der Waals surface area contributed by atoms with E-state index < -0.39 is 12.0 Å². The van der Waals surface area contributed by atoms with Crippen LogP contribution in [0.4, 0.5) is 0 Å². The second-order valence-corrected chi connectivity index (χ2v) is 9.49. The number of methoxy groups -OCH3 is 2. The summed E-state index contributed by atoms with van der Waals surface area (Å²) in [5, 5.41) is 0. The maximum Gasteiger partial charge on any atom is 0.338 e. The average Bonchev–Trinajstić information content (AvgIpc) is 3.23. The molecule has 0 aliphatic carbocycles. The van der Waals surface area contributed by atoms with E-state index in [1.165, 1.54) is 15.9 Å². The molecule has 0 fully saturated rings. The Balaban J connectivity index is 1.97. The van der Waals surface area contributed by atoms with Crippen LogP contribution in [0.1, 0.15) is 44.9 Å². The highest BCUT2D eigenvalue weighted by atomic mass is 32.1. The van der Waals surface area contributed by atoms with Gasteiger partial charge in [0.15, 0.2) is 16.3 Å². The molecule has 0 radical (unpaired) electrons. The van der Waals surface area contributed by atoms with Crippen molar-refractivity contribution in [2.24, 2.45) is 4.99 Å². The molecular formula is C29H32N2O7S. The third-order valence-corrected chi connectivity index (χ3v) is 7.11. The Morgan fingerprint density at radius 1 is 0.974 bits per heavy atom. The molecule has 0 bridgehead atoms. The fourth-order valence-electron chi connectivity index (χ4n) is 4.44. The largest absolute Gasteiger partial charge is 0.497 e. The van der Waals surface area contributed by atoms with Crippen LogP contribution in [0.25, 0.3) is 6.08 Å². The van der Waals surface area contributed by atoms with Gasteiger partial charge < -0.3 is 23.7 Å². The first kappa shape index (κ1) is 28.0. The van der Waals surface area contributed by atoms with Gasteiger partial charge in [-0.25, -0.2) is 9.79 Å². The molecule has 0 spiro atoms. The van der Waals surface area contributed by atoms with Crippen LogP contribution < -0.4 is 33.8 Å². The summed E-state index contributed by atoms with van der Waals surface area (Å²) in [7, 11) is 3.14. The Morgan fingerprint density at radius 3 is 2.36 bits per heavy atom. The van der Waals surface area contributed by atoms with Gasteiger partial charge in [-0.05, 0) is 69.7 Å². The number of hydrogen-bond acceptors (Lipinski definition) is 9. The number of benzene rings is 2. The number of aromatic nitrogens is 1. The lowest BCUT2D eigenvalue weighted by Crippen LogP contribution is -2.40. The van der Waals surface area contributed by atoms with Crippen LogP contribution in [0.15, 0.2) is 57.5 Å². The predicted octanol–water partition coefficient (Wildman–Crippen LogP) is 3.61. The molecule has 9 nitrogen and oxygen atoms in total. The van der Waals surface area contributed by atoms with E-state index in [1.807, 2.05) is 19.9 Å². The topological polar surface area (TPSA) is 97.6 Å². The molecule has 2 aromatic carbocycles. The lowest BCUT2D eigenvalue weighted by molar-refractivity contribution is -0.139. The van der Waals surface area contributed by atoms with Gasteiger partial charge in [0.25, 0.3) is 5.56 Å². The van der Waals surface area contributed by atoms with Crippen molar-refractivity contribution in [3.05, 3.63) is 78.5 Å². The summed E-state index contributed by atoms with van der Waals surface area (Å²) in [4.78, 5) is 32.3. The maximum absolute atomic E-state index is 13.9. The second kappa shape index (κ2) is 12.2. The number of fused-ring (bicyclic) bond motifs is 1. The van der Waals surface area contributed by atoms with Crippen molar-refractivity contribution in [1.82, 2.24) is 4.57 Å². The standard InChI is InChI=1S/C29H32N2O7S/c1-7-36-22-12-10-18(15-23(22)37-8-2)26-25(28(33)38-9-3)17(4)30-29-31(26)27(32)24(39-29)16-19-14-20(34-5)11-13-21(19)35-6/h10-16,26H,7-9H2,1-6H3/b24-16-/t26-/m0/s1. The maximum atomic E-state index is 13.9. The third kappa shape index (κ3) is 5.56. The molecule has 1 aliphatic rings. The number of carbonyl (C=O) groups excluding carboxylic acids is 1. The van der Waals surface area contributed by atoms with Gasteiger partial charge >= 0.3 is 5.97 Å². The summed E-state index contributed by atoms with van der Waals surface area (Å²) >= 11 is 1.23. The Morgan fingerprint density at radius 2 is 1.69 bits per heavy atom. The van der Waals surface area contributed by atoms with Gasteiger partial charge in [0.05, 0.1) is 55.9 Å². The van der Waals surface area contributed by atoms with Crippen LogP contribution >= 0.6 is 11.3 Å². The second-order valence-electron chi connectivity index (χ2n) is 8.48. The number of ether oxygens (including phenoxy) is 5. The first-order chi connectivity index (χ1) is 18.9. The van der Waals surface area contributed by atoms with Crippen LogP contribution in [0, 0.1) is 0 Å². The lowest BCUT2D eigenvalue weighted by atomic mass is 9.95. The number of rotatable bonds is 10. The average molecular weight is 553 g/mol. The van der Waals surface area contributed by atoms with E-state index in [0.29, 0.717) is 67.9 Å². The Labute approximate surface area is 230 Å². The molecule has 4 rings (SSSR count). The SMILES string of the molecule is CCOC(=O)C1=C(C)N=c2s/c(=C\c3cc(OC)ccc3OC)c(=O)n2[C@H]1c1ccc(OCC)c(OCC)c1. The molecule has 206 valence electrons. The molecule has 1 aromatic heterocycles. The van der Waals surface area contributed by atoms with Gasteiger partial charge in [-0.15, -0.1) is 0 Å². The van der Waals surface area contributed by atoms with E-state index >= 15 is 0 Å². The van der Waals surface area contributed by atoms with Gasteiger partial charge in [0, 0.05) is 5.56 Å².